The average Bonchev–Trinajstić information content (AvgIpc) is 2.99. The Labute approximate surface area is 127 Å². The summed E-state index contributed by atoms with van der Waals surface area (Å²) in [6.45, 7) is 2.38. The summed E-state index contributed by atoms with van der Waals surface area (Å²) in [5.74, 6) is 0.0962. The van der Waals surface area contributed by atoms with Gasteiger partial charge in [-0.15, -0.1) is 0 Å². The van der Waals surface area contributed by atoms with Crippen LogP contribution in [0.5, 0.6) is 5.75 Å². The molecular formula is C13H16N4O4S. The number of carbonyl (C=O) groups excluding carboxylic acids is 1. The molecule has 0 saturated carbocycles. The van der Waals surface area contributed by atoms with Crippen LogP contribution in [-0.2, 0) is 10.0 Å². The first kappa shape index (κ1) is 15.8. The van der Waals surface area contributed by atoms with E-state index >= 15 is 0 Å². The minimum Gasteiger partial charge on any atom is -0.494 e. The van der Waals surface area contributed by atoms with Crippen molar-refractivity contribution < 1.29 is 17.9 Å². The minimum absolute atomic E-state index is 0.0547. The molecule has 1 amide bonds. The van der Waals surface area contributed by atoms with E-state index in [0.717, 1.165) is 6.20 Å². The van der Waals surface area contributed by atoms with E-state index in [1.54, 1.807) is 24.3 Å². The molecule has 1 heterocycles. The molecule has 0 aliphatic carbocycles. The van der Waals surface area contributed by atoms with Gasteiger partial charge >= 0.3 is 0 Å². The molecule has 1 aromatic heterocycles. The zero-order valence-electron chi connectivity index (χ0n) is 12.1. The number of hydrogen-bond acceptors (Lipinski definition) is 5. The first-order valence-electron chi connectivity index (χ1n) is 6.49. The lowest BCUT2D eigenvalue weighted by Gasteiger charge is -2.09. The lowest BCUT2D eigenvalue weighted by Crippen LogP contribution is -2.22. The molecule has 118 valence electrons. The van der Waals surface area contributed by atoms with Gasteiger partial charge in [-0.25, -0.2) is 0 Å². The summed E-state index contributed by atoms with van der Waals surface area (Å²) >= 11 is 0. The molecule has 1 aromatic carbocycles. The fraction of sp³-hybridized carbons (Fsp3) is 0.231. The molecule has 0 atom stereocenters. The van der Waals surface area contributed by atoms with Crippen LogP contribution in [0.2, 0.25) is 0 Å². The summed E-state index contributed by atoms with van der Waals surface area (Å²) in [5.41, 5.74) is 0.293. The van der Waals surface area contributed by atoms with E-state index < -0.39 is 15.9 Å². The van der Waals surface area contributed by atoms with Gasteiger partial charge in [-0.3, -0.25) is 14.6 Å². The topological polar surface area (TPSA) is 113 Å². The van der Waals surface area contributed by atoms with E-state index in [1.165, 1.54) is 7.05 Å². The summed E-state index contributed by atoms with van der Waals surface area (Å²) < 4.78 is 32.3. The van der Waals surface area contributed by atoms with Crippen LogP contribution in [-0.4, -0.2) is 38.2 Å². The van der Waals surface area contributed by atoms with E-state index in [-0.39, 0.29) is 10.6 Å². The van der Waals surface area contributed by atoms with Gasteiger partial charge in [0.15, 0.2) is 5.03 Å². The van der Waals surface area contributed by atoms with Crippen LogP contribution in [0.1, 0.15) is 17.3 Å². The molecule has 0 spiro atoms. The van der Waals surface area contributed by atoms with E-state index in [2.05, 4.69) is 20.2 Å². The number of hydrogen-bond donors (Lipinski definition) is 3. The number of sulfonamides is 1. The lowest BCUT2D eigenvalue weighted by atomic mass is 10.3. The van der Waals surface area contributed by atoms with Gasteiger partial charge in [0.2, 0.25) is 0 Å². The molecule has 0 aliphatic rings. The number of H-pyrrole nitrogens is 1. The quantitative estimate of drug-likeness (QED) is 0.733. The van der Waals surface area contributed by atoms with Crippen LogP contribution < -0.4 is 14.8 Å². The Morgan fingerprint density at radius 2 is 2.00 bits per heavy atom. The van der Waals surface area contributed by atoms with Crippen LogP contribution in [0.4, 0.5) is 5.69 Å². The van der Waals surface area contributed by atoms with Crippen molar-refractivity contribution in [3.63, 3.8) is 0 Å². The third-order valence-corrected chi connectivity index (χ3v) is 4.12. The molecule has 3 N–H and O–H groups in total. The molecule has 0 bridgehead atoms. The number of amides is 1. The second-order valence-corrected chi connectivity index (χ2v) is 5.87. The fourth-order valence-corrected chi connectivity index (χ4v) is 2.92. The minimum atomic E-state index is -3.95. The van der Waals surface area contributed by atoms with Crippen molar-refractivity contribution in [1.82, 2.24) is 15.5 Å². The normalized spacial score (nSPS) is 11.0. The van der Waals surface area contributed by atoms with Crippen LogP contribution in [0.25, 0.3) is 0 Å². The standard InChI is InChI=1S/C13H16N4O4S/c1-3-21-10-6-4-9(5-7-10)17-22(19,20)13-11(8-15-16-13)12(18)14-2/h4-8,17H,3H2,1-2H3,(H,14,18)(H,15,16). The zero-order chi connectivity index (χ0) is 16.2. The van der Waals surface area contributed by atoms with Crippen molar-refractivity contribution >= 4 is 21.6 Å². The highest BCUT2D eigenvalue weighted by Crippen LogP contribution is 2.20. The second-order valence-electron chi connectivity index (χ2n) is 4.25. The molecule has 22 heavy (non-hydrogen) atoms. The first-order valence-corrected chi connectivity index (χ1v) is 7.97. The van der Waals surface area contributed by atoms with Crippen molar-refractivity contribution in [2.75, 3.05) is 18.4 Å². The Morgan fingerprint density at radius 1 is 1.32 bits per heavy atom. The molecule has 2 aromatic rings. The van der Waals surface area contributed by atoms with Crippen molar-refractivity contribution in [3.8, 4) is 5.75 Å². The monoisotopic (exact) mass is 324 g/mol. The maximum atomic E-state index is 12.3. The summed E-state index contributed by atoms with van der Waals surface area (Å²) in [6.07, 6.45) is 1.16. The van der Waals surface area contributed by atoms with Gasteiger partial charge in [-0.2, -0.15) is 13.5 Å². The van der Waals surface area contributed by atoms with E-state index in [4.69, 9.17) is 4.74 Å². The predicted molar refractivity (Wildman–Crippen MR) is 80.4 cm³/mol. The summed E-state index contributed by atoms with van der Waals surface area (Å²) in [7, 11) is -2.54. The molecule has 9 heteroatoms. The molecular weight excluding hydrogens is 308 g/mol. The number of benzene rings is 1. The van der Waals surface area contributed by atoms with Gasteiger partial charge in [0.05, 0.1) is 18.4 Å². The number of aromatic amines is 1. The van der Waals surface area contributed by atoms with Crippen molar-refractivity contribution in [2.24, 2.45) is 0 Å². The maximum Gasteiger partial charge on any atom is 0.279 e. The van der Waals surface area contributed by atoms with Gasteiger partial charge in [0, 0.05) is 12.7 Å². The number of nitrogens with zero attached hydrogens (tertiary/aromatic N) is 1. The van der Waals surface area contributed by atoms with Gasteiger partial charge in [0.1, 0.15) is 5.75 Å². The van der Waals surface area contributed by atoms with Crippen molar-refractivity contribution in [3.05, 3.63) is 36.0 Å². The Hall–Kier alpha value is -2.55. The lowest BCUT2D eigenvalue weighted by molar-refractivity contribution is 0.0960. The molecule has 8 nitrogen and oxygen atoms in total. The Morgan fingerprint density at radius 3 is 2.59 bits per heavy atom. The number of nitrogens with one attached hydrogen (secondary N) is 3. The number of aromatic nitrogens is 2. The van der Waals surface area contributed by atoms with Gasteiger partial charge in [0.25, 0.3) is 15.9 Å². The highest BCUT2D eigenvalue weighted by atomic mass is 32.2. The first-order chi connectivity index (χ1) is 10.5. The second kappa shape index (κ2) is 6.48. The third-order valence-electron chi connectivity index (χ3n) is 2.76. The molecule has 2 rings (SSSR count). The largest absolute Gasteiger partial charge is 0.494 e. The van der Waals surface area contributed by atoms with Crippen LogP contribution in [0.15, 0.2) is 35.5 Å². The van der Waals surface area contributed by atoms with Crippen molar-refractivity contribution in [1.29, 1.82) is 0 Å². The Kier molecular flexibility index (Phi) is 4.66. The number of rotatable bonds is 6. The number of anilines is 1. The molecule has 0 fully saturated rings. The highest BCUT2D eigenvalue weighted by Gasteiger charge is 2.24. The third kappa shape index (κ3) is 3.37. The molecule has 0 radical (unpaired) electrons. The zero-order valence-corrected chi connectivity index (χ0v) is 12.9. The van der Waals surface area contributed by atoms with Gasteiger partial charge in [-0.05, 0) is 31.2 Å². The van der Waals surface area contributed by atoms with E-state index in [1.807, 2.05) is 6.92 Å². The van der Waals surface area contributed by atoms with Crippen LogP contribution >= 0.6 is 0 Å². The smallest absolute Gasteiger partial charge is 0.279 e. The SMILES string of the molecule is CCOc1ccc(NS(=O)(=O)c2[nH]ncc2C(=O)NC)cc1. The van der Waals surface area contributed by atoms with Crippen LogP contribution in [0, 0.1) is 0 Å². The predicted octanol–water partition coefficient (Wildman–Crippen LogP) is 0.969. The van der Waals surface area contributed by atoms with Crippen molar-refractivity contribution in [2.45, 2.75) is 11.9 Å². The van der Waals surface area contributed by atoms with Crippen LogP contribution in [0.3, 0.4) is 0 Å². The summed E-state index contributed by atoms with van der Waals surface area (Å²) in [5, 5.41) is 8.01. The van der Waals surface area contributed by atoms with E-state index in [0.29, 0.717) is 18.0 Å². The average molecular weight is 324 g/mol. The molecule has 0 saturated heterocycles. The molecule has 0 unspecified atom stereocenters. The fourth-order valence-electron chi connectivity index (χ4n) is 1.77. The Balaban J connectivity index is 2.24. The summed E-state index contributed by atoms with van der Waals surface area (Å²) in [4.78, 5) is 11.6. The maximum absolute atomic E-state index is 12.3. The molecule has 0 aliphatic heterocycles. The van der Waals surface area contributed by atoms with Gasteiger partial charge in [-0.1, -0.05) is 0 Å². The van der Waals surface area contributed by atoms with Gasteiger partial charge < -0.3 is 10.1 Å². The Bertz CT molecular complexity index is 753. The number of ether oxygens (including phenoxy) is 1. The highest BCUT2D eigenvalue weighted by molar-refractivity contribution is 7.92. The summed E-state index contributed by atoms with van der Waals surface area (Å²) in [6, 6.07) is 6.43. The number of carbonyl (C=O) groups is 1. The van der Waals surface area contributed by atoms with E-state index in [9.17, 15) is 13.2 Å².